The Labute approximate surface area is 161 Å². The van der Waals surface area contributed by atoms with E-state index in [2.05, 4.69) is 26.6 Å². The molecule has 2 rings (SSSR count). The van der Waals surface area contributed by atoms with E-state index in [1.54, 1.807) is 24.1 Å². The molecule has 0 aliphatic carbocycles. The van der Waals surface area contributed by atoms with Gasteiger partial charge in [0.1, 0.15) is 5.75 Å². The third-order valence-corrected chi connectivity index (χ3v) is 4.40. The number of para-hydroxylation sites is 3. The van der Waals surface area contributed by atoms with Crippen molar-refractivity contribution in [3.63, 3.8) is 0 Å². The third kappa shape index (κ3) is 5.86. The lowest BCUT2D eigenvalue weighted by Gasteiger charge is -2.20. The quantitative estimate of drug-likeness (QED) is 0.687. The van der Waals surface area contributed by atoms with Crippen LogP contribution in [0.25, 0.3) is 0 Å². The lowest BCUT2D eigenvalue weighted by molar-refractivity contribution is -0.119. The van der Waals surface area contributed by atoms with Gasteiger partial charge in [0.25, 0.3) is 0 Å². The summed E-state index contributed by atoms with van der Waals surface area (Å²) in [6.45, 7) is 2.71. The van der Waals surface area contributed by atoms with Crippen LogP contribution in [0.5, 0.6) is 5.75 Å². The van der Waals surface area contributed by atoms with E-state index in [9.17, 15) is 9.59 Å². The van der Waals surface area contributed by atoms with Crippen LogP contribution in [0.3, 0.4) is 0 Å². The molecule has 0 unspecified atom stereocenters. The van der Waals surface area contributed by atoms with Gasteiger partial charge >= 0.3 is 0 Å². The second-order valence-corrected chi connectivity index (χ2v) is 6.43. The molecule has 0 saturated carbocycles. The van der Waals surface area contributed by atoms with Crippen molar-refractivity contribution in [1.82, 2.24) is 4.90 Å². The van der Waals surface area contributed by atoms with E-state index in [4.69, 9.17) is 4.74 Å². The number of anilines is 2. The zero-order valence-electron chi connectivity index (χ0n) is 14.8. The van der Waals surface area contributed by atoms with Crippen LogP contribution in [0.1, 0.15) is 6.92 Å². The molecule has 0 radical (unpaired) electrons. The van der Waals surface area contributed by atoms with E-state index >= 15 is 0 Å². The van der Waals surface area contributed by atoms with Gasteiger partial charge in [0.2, 0.25) is 11.8 Å². The van der Waals surface area contributed by atoms with Crippen LogP contribution < -0.4 is 15.4 Å². The highest BCUT2D eigenvalue weighted by Crippen LogP contribution is 2.23. The number of ether oxygens (including phenoxy) is 1. The van der Waals surface area contributed by atoms with Gasteiger partial charge in [-0.25, -0.2) is 0 Å². The van der Waals surface area contributed by atoms with Crippen LogP contribution >= 0.6 is 15.9 Å². The number of hydrogen-bond donors (Lipinski definition) is 2. The first-order chi connectivity index (χ1) is 12.5. The Bertz CT molecular complexity index is 767. The van der Waals surface area contributed by atoms with Crippen molar-refractivity contribution in [2.45, 2.75) is 6.92 Å². The van der Waals surface area contributed by atoms with Crippen molar-refractivity contribution < 1.29 is 14.3 Å². The number of amides is 2. The number of hydrogen-bond acceptors (Lipinski definition) is 4. The molecule has 0 aliphatic rings. The van der Waals surface area contributed by atoms with Crippen LogP contribution in [0.15, 0.2) is 53.0 Å². The van der Waals surface area contributed by atoms with E-state index in [1.807, 2.05) is 43.3 Å². The topological polar surface area (TPSA) is 70.7 Å². The van der Waals surface area contributed by atoms with Gasteiger partial charge in [-0.15, -0.1) is 0 Å². The fourth-order valence-electron chi connectivity index (χ4n) is 2.38. The molecule has 2 amide bonds. The Balaban J connectivity index is 1.91. The van der Waals surface area contributed by atoms with Crippen molar-refractivity contribution in [2.75, 3.05) is 37.4 Å². The van der Waals surface area contributed by atoms with Crippen molar-refractivity contribution in [3.05, 3.63) is 53.0 Å². The van der Waals surface area contributed by atoms with E-state index in [0.29, 0.717) is 23.7 Å². The summed E-state index contributed by atoms with van der Waals surface area (Å²) in [6.07, 6.45) is 0. The molecular formula is C19H22BrN3O3. The highest BCUT2D eigenvalue weighted by molar-refractivity contribution is 9.10. The fraction of sp³-hybridized carbons (Fsp3) is 0.263. The molecule has 6 nitrogen and oxygen atoms in total. The van der Waals surface area contributed by atoms with Gasteiger partial charge in [-0.1, -0.05) is 31.2 Å². The molecule has 26 heavy (non-hydrogen) atoms. The first-order valence-corrected chi connectivity index (χ1v) is 9.02. The highest BCUT2D eigenvalue weighted by atomic mass is 79.9. The standard InChI is InChI=1S/C19H22BrN3O3/c1-3-23(12-18(24)21-15-9-5-4-8-14(15)20)13-19(25)22-16-10-6-7-11-17(16)26-2/h4-11H,3,12-13H2,1-2H3,(H,21,24)(H,22,25). The average molecular weight is 420 g/mol. The van der Waals surface area contributed by atoms with Gasteiger partial charge in [-0.2, -0.15) is 0 Å². The van der Waals surface area contributed by atoms with Gasteiger partial charge in [0, 0.05) is 4.47 Å². The first-order valence-electron chi connectivity index (χ1n) is 8.23. The average Bonchev–Trinajstić information content (AvgIpc) is 2.63. The minimum atomic E-state index is -0.204. The number of carbonyl (C=O) groups excluding carboxylic acids is 2. The summed E-state index contributed by atoms with van der Waals surface area (Å²) in [5.41, 5.74) is 1.31. The minimum Gasteiger partial charge on any atom is -0.495 e. The number of methoxy groups -OCH3 is 1. The predicted octanol–water partition coefficient (Wildman–Crippen LogP) is 3.36. The van der Waals surface area contributed by atoms with E-state index in [-0.39, 0.29) is 24.9 Å². The number of benzene rings is 2. The summed E-state index contributed by atoms with van der Waals surface area (Å²) >= 11 is 3.39. The van der Waals surface area contributed by atoms with Gasteiger partial charge in [-0.3, -0.25) is 14.5 Å². The van der Waals surface area contributed by atoms with Crippen molar-refractivity contribution in [2.24, 2.45) is 0 Å². The SMILES string of the molecule is CCN(CC(=O)Nc1ccccc1Br)CC(=O)Nc1ccccc1OC. The largest absolute Gasteiger partial charge is 0.495 e. The lowest BCUT2D eigenvalue weighted by atomic mass is 10.3. The van der Waals surface area contributed by atoms with Crippen LogP contribution in [-0.2, 0) is 9.59 Å². The molecule has 138 valence electrons. The van der Waals surface area contributed by atoms with Gasteiger partial charge in [0.15, 0.2) is 0 Å². The summed E-state index contributed by atoms with van der Waals surface area (Å²) in [4.78, 5) is 26.3. The molecule has 0 bridgehead atoms. The molecule has 2 aromatic rings. The molecule has 2 aromatic carbocycles. The van der Waals surface area contributed by atoms with Crippen LogP contribution in [-0.4, -0.2) is 43.5 Å². The summed E-state index contributed by atoms with van der Waals surface area (Å²) in [7, 11) is 1.55. The first kappa shape index (κ1) is 19.9. The van der Waals surface area contributed by atoms with Crippen LogP contribution in [0.4, 0.5) is 11.4 Å². The summed E-state index contributed by atoms with van der Waals surface area (Å²) < 4.78 is 6.03. The Kier molecular flexibility index (Phi) is 7.62. The number of likely N-dealkylation sites (N-methyl/N-ethyl adjacent to an activating group) is 1. The van der Waals surface area contributed by atoms with Gasteiger partial charge in [0.05, 0.1) is 31.6 Å². The molecular weight excluding hydrogens is 398 g/mol. The second kappa shape index (κ2) is 9.94. The smallest absolute Gasteiger partial charge is 0.238 e. The van der Waals surface area contributed by atoms with Crippen LogP contribution in [0.2, 0.25) is 0 Å². The summed E-state index contributed by atoms with van der Waals surface area (Å²) in [5, 5.41) is 5.65. The minimum absolute atomic E-state index is 0.109. The molecule has 0 saturated heterocycles. The number of nitrogens with zero attached hydrogens (tertiary/aromatic N) is 1. The number of halogens is 1. The molecule has 0 aromatic heterocycles. The second-order valence-electron chi connectivity index (χ2n) is 5.58. The molecule has 0 atom stereocenters. The Morgan fingerprint density at radius 2 is 1.50 bits per heavy atom. The third-order valence-electron chi connectivity index (χ3n) is 3.71. The molecule has 0 aliphatic heterocycles. The Morgan fingerprint density at radius 1 is 0.962 bits per heavy atom. The number of rotatable bonds is 8. The lowest BCUT2D eigenvalue weighted by Crippen LogP contribution is -2.38. The van der Waals surface area contributed by atoms with Crippen molar-refractivity contribution in [1.29, 1.82) is 0 Å². The normalized spacial score (nSPS) is 10.5. The fourth-order valence-corrected chi connectivity index (χ4v) is 2.76. The molecule has 7 heteroatoms. The van der Waals surface area contributed by atoms with E-state index < -0.39 is 0 Å². The predicted molar refractivity (Wildman–Crippen MR) is 107 cm³/mol. The molecule has 2 N–H and O–H groups in total. The van der Waals surface area contributed by atoms with Gasteiger partial charge in [-0.05, 0) is 46.7 Å². The van der Waals surface area contributed by atoms with Crippen LogP contribution in [0, 0.1) is 0 Å². The van der Waals surface area contributed by atoms with Crippen molar-refractivity contribution >= 4 is 39.1 Å². The Hall–Kier alpha value is -2.38. The van der Waals surface area contributed by atoms with E-state index in [1.165, 1.54) is 0 Å². The monoisotopic (exact) mass is 419 g/mol. The molecule has 0 fully saturated rings. The highest BCUT2D eigenvalue weighted by Gasteiger charge is 2.15. The zero-order chi connectivity index (χ0) is 18.9. The molecule has 0 heterocycles. The molecule has 0 spiro atoms. The number of carbonyl (C=O) groups is 2. The zero-order valence-corrected chi connectivity index (χ0v) is 16.4. The maximum atomic E-state index is 12.3. The summed E-state index contributed by atoms with van der Waals surface area (Å²) in [6, 6.07) is 14.6. The maximum absolute atomic E-state index is 12.3. The number of nitrogens with one attached hydrogen (secondary N) is 2. The summed E-state index contributed by atoms with van der Waals surface area (Å²) in [5.74, 6) is 0.212. The Morgan fingerprint density at radius 3 is 2.08 bits per heavy atom. The van der Waals surface area contributed by atoms with Crippen molar-refractivity contribution in [3.8, 4) is 5.75 Å². The maximum Gasteiger partial charge on any atom is 0.238 e. The van der Waals surface area contributed by atoms with Gasteiger partial charge < -0.3 is 15.4 Å². The van der Waals surface area contributed by atoms with E-state index in [0.717, 1.165) is 4.47 Å².